The smallest absolute Gasteiger partial charge is 0.134 e. The van der Waals surface area contributed by atoms with Crippen LogP contribution in [-0.2, 0) is 0 Å². The molecule has 0 aromatic heterocycles. The number of allylic oxidation sites excluding steroid dienone is 2. The van der Waals surface area contributed by atoms with Gasteiger partial charge in [0.2, 0.25) is 0 Å². The Bertz CT molecular complexity index is 268. The Hall–Kier alpha value is 0.272. The Morgan fingerprint density at radius 3 is 1.65 bits per heavy atom. The molecule has 0 aromatic carbocycles. The Morgan fingerprint density at radius 2 is 1.22 bits per heavy atom. The molecule has 0 spiro atoms. The molecule has 0 saturated carbocycles. The lowest BCUT2D eigenvalue weighted by Crippen LogP contribution is -2.21. The van der Waals surface area contributed by atoms with Gasteiger partial charge in [0.05, 0.1) is 0 Å². The molecular formula is C22H45Al. The molecule has 0 heterocycles. The van der Waals surface area contributed by atoms with E-state index in [0.29, 0.717) is 0 Å². The van der Waals surface area contributed by atoms with Gasteiger partial charge >= 0.3 is 0 Å². The van der Waals surface area contributed by atoms with Crippen LogP contribution in [0.1, 0.15) is 106 Å². The number of rotatable bonds is 15. The van der Waals surface area contributed by atoms with Crippen molar-refractivity contribution in [3.8, 4) is 0 Å². The Labute approximate surface area is 152 Å². The minimum Gasteiger partial charge on any atom is -0.134 e. The van der Waals surface area contributed by atoms with Crippen LogP contribution in [0, 0.1) is 11.8 Å². The van der Waals surface area contributed by atoms with Crippen molar-refractivity contribution < 1.29 is 0 Å². The maximum Gasteiger partial charge on any atom is 0.299 e. The molecule has 0 aromatic rings. The highest BCUT2D eigenvalue weighted by Gasteiger charge is 2.23. The summed E-state index contributed by atoms with van der Waals surface area (Å²) in [7, 11) is 0. The summed E-state index contributed by atoms with van der Waals surface area (Å²) in [6.07, 6.45) is 16.8. The molecule has 136 valence electrons. The molecule has 1 heteroatoms. The maximum absolute atomic E-state index is 2.61. The highest BCUT2D eigenvalue weighted by Crippen LogP contribution is 2.25. The van der Waals surface area contributed by atoms with Crippen molar-refractivity contribution in [2.24, 2.45) is 11.8 Å². The number of unbranched alkanes of at least 4 members (excludes halogenated alkanes) is 7. The minimum absolute atomic E-state index is 0.695. The van der Waals surface area contributed by atoms with Crippen LogP contribution < -0.4 is 0 Å². The molecule has 0 radical (unpaired) electrons. The van der Waals surface area contributed by atoms with Gasteiger partial charge in [-0.3, -0.25) is 0 Å². The van der Waals surface area contributed by atoms with Crippen LogP contribution in [0.4, 0.5) is 0 Å². The molecule has 0 nitrogen and oxygen atoms in total. The predicted octanol–water partition coefficient (Wildman–Crippen LogP) is 8.20. The molecule has 0 fully saturated rings. The van der Waals surface area contributed by atoms with Gasteiger partial charge in [-0.05, 0) is 12.8 Å². The summed E-state index contributed by atoms with van der Waals surface area (Å²) in [5.74, 6) is 1.76. The molecule has 0 aliphatic carbocycles. The van der Waals surface area contributed by atoms with Crippen LogP contribution in [0.2, 0.25) is 10.6 Å². The molecule has 0 aliphatic heterocycles. The van der Waals surface area contributed by atoms with Gasteiger partial charge < -0.3 is 0 Å². The number of hydrogen-bond donors (Lipinski definition) is 0. The van der Waals surface area contributed by atoms with E-state index in [1.807, 2.05) is 4.44 Å². The van der Waals surface area contributed by atoms with Crippen LogP contribution >= 0.6 is 0 Å². The van der Waals surface area contributed by atoms with Crippen molar-refractivity contribution in [3.63, 3.8) is 0 Å². The van der Waals surface area contributed by atoms with Crippen LogP contribution in [0.15, 0.2) is 10.5 Å². The lowest BCUT2D eigenvalue weighted by atomic mass is 10.1. The first kappa shape index (κ1) is 23.3. The first-order valence-electron chi connectivity index (χ1n) is 10.7. The largest absolute Gasteiger partial charge is 0.299 e. The molecule has 0 N–H and O–H groups in total. The van der Waals surface area contributed by atoms with Crippen molar-refractivity contribution in [1.29, 1.82) is 0 Å². The van der Waals surface area contributed by atoms with E-state index in [0.717, 1.165) is 11.8 Å². The number of hydrogen-bond acceptors (Lipinski definition) is 0. The van der Waals surface area contributed by atoms with E-state index in [1.165, 1.54) is 74.8 Å². The SMILES string of the molecule is CC/C=[C](\CCCCCCCCCC)[Al]([CH2]C(C)C)[CH2]C(C)C. The highest BCUT2D eigenvalue weighted by atomic mass is 27.2. The van der Waals surface area contributed by atoms with Crippen LogP contribution in [0.25, 0.3) is 0 Å². The summed E-state index contributed by atoms with van der Waals surface area (Å²) in [5.41, 5.74) is 0. The van der Waals surface area contributed by atoms with Gasteiger partial charge in [-0.2, -0.15) is 0 Å². The maximum atomic E-state index is 2.61. The molecule has 0 amide bonds. The fourth-order valence-electron chi connectivity index (χ4n) is 3.74. The zero-order chi connectivity index (χ0) is 17.5. The summed E-state index contributed by atoms with van der Waals surface area (Å²) in [4.78, 5) is 0. The van der Waals surface area contributed by atoms with E-state index >= 15 is 0 Å². The molecule has 0 saturated heterocycles. The third-order valence-electron chi connectivity index (χ3n) is 4.82. The molecule has 0 unspecified atom stereocenters. The van der Waals surface area contributed by atoms with E-state index in [2.05, 4.69) is 47.6 Å². The predicted molar refractivity (Wildman–Crippen MR) is 111 cm³/mol. The van der Waals surface area contributed by atoms with Gasteiger partial charge in [0, 0.05) is 0 Å². The van der Waals surface area contributed by atoms with Gasteiger partial charge in [-0.25, -0.2) is 0 Å². The second-order valence-corrected chi connectivity index (χ2v) is 11.4. The average Bonchev–Trinajstić information content (AvgIpc) is 2.47. The molecular weight excluding hydrogens is 291 g/mol. The Morgan fingerprint density at radius 1 is 0.739 bits per heavy atom. The van der Waals surface area contributed by atoms with Crippen LogP contribution in [0.5, 0.6) is 0 Å². The third-order valence-corrected chi connectivity index (χ3v) is 9.42. The van der Waals surface area contributed by atoms with Crippen LogP contribution in [-0.4, -0.2) is 14.1 Å². The monoisotopic (exact) mass is 336 g/mol. The van der Waals surface area contributed by atoms with E-state index in [1.54, 1.807) is 0 Å². The lowest BCUT2D eigenvalue weighted by molar-refractivity contribution is 0.576. The normalized spacial score (nSPS) is 12.4. The summed E-state index contributed by atoms with van der Waals surface area (Å²) in [6.45, 7) is 14.3. The van der Waals surface area contributed by atoms with Crippen molar-refractivity contribution in [3.05, 3.63) is 10.5 Å². The molecule has 0 atom stereocenters. The van der Waals surface area contributed by atoms with E-state index in [4.69, 9.17) is 0 Å². The average molecular weight is 337 g/mol. The fourth-order valence-corrected chi connectivity index (χ4v) is 7.99. The molecule has 0 bridgehead atoms. The molecule has 23 heavy (non-hydrogen) atoms. The van der Waals surface area contributed by atoms with Gasteiger partial charge in [0.15, 0.2) is 0 Å². The third kappa shape index (κ3) is 14.3. The second kappa shape index (κ2) is 15.8. The van der Waals surface area contributed by atoms with Crippen LogP contribution in [0.3, 0.4) is 0 Å². The fraction of sp³-hybridized carbons (Fsp3) is 0.909. The van der Waals surface area contributed by atoms with Crippen molar-refractivity contribution in [1.82, 2.24) is 0 Å². The summed E-state index contributed by atoms with van der Waals surface area (Å²) in [6, 6.07) is 0. The first-order valence-corrected chi connectivity index (χ1v) is 12.9. The van der Waals surface area contributed by atoms with Gasteiger partial charge in [0.1, 0.15) is 0 Å². The Balaban J connectivity index is 4.18. The quantitative estimate of drug-likeness (QED) is 0.209. The summed E-state index contributed by atoms with van der Waals surface area (Å²) in [5, 5.41) is 3.03. The topological polar surface area (TPSA) is 0 Å². The summed E-state index contributed by atoms with van der Waals surface area (Å²) < 4.78 is 1.92. The Kier molecular flexibility index (Phi) is 16.0. The molecule has 0 aliphatic rings. The van der Waals surface area contributed by atoms with E-state index in [9.17, 15) is 0 Å². The zero-order valence-electron chi connectivity index (χ0n) is 17.3. The second-order valence-electron chi connectivity index (χ2n) is 8.37. The summed E-state index contributed by atoms with van der Waals surface area (Å²) >= 11 is -0.695. The van der Waals surface area contributed by atoms with Gasteiger partial charge in [0.25, 0.3) is 14.1 Å². The van der Waals surface area contributed by atoms with Gasteiger partial charge in [-0.15, -0.1) is 10.5 Å². The van der Waals surface area contributed by atoms with E-state index < -0.39 is 14.1 Å². The standard InChI is InChI=1S/C14H27.2C4H9.Al/c1-3-5-7-9-11-13-14-12-10-8-6-4-2;2*1-4(2)3;/h5H,3-4,6,8-14H2,1-2H3;2*4H,1H2,2-3H3;. The van der Waals surface area contributed by atoms with Crippen molar-refractivity contribution in [2.75, 3.05) is 0 Å². The first-order chi connectivity index (χ1) is 11.0. The molecule has 0 rings (SSSR count). The van der Waals surface area contributed by atoms with E-state index in [-0.39, 0.29) is 0 Å². The van der Waals surface area contributed by atoms with Gasteiger partial charge in [-0.1, -0.05) is 115 Å². The zero-order valence-corrected chi connectivity index (χ0v) is 18.4. The highest BCUT2D eigenvalue weighted by molar-refractivity contribution is 6.66. The lowest BCUT2D eigenvalue weighted by Gasteiger charge is -2.20. The van der Waals surface area contributed by atoms with Crippen molar-refractivity contribution in [2.45, 2.75) is 116 Å². The van der Waals surface area contributed by atoms with Crippen molar-refractivity contribution >= 4 is 14.1 Å². The minimum atomic E-state index is -0.695.